The van der Waals surface area contributed by atoms with Gasteiger partial charge in [0.15, 0.2) is 11.2 Å². The Morgan fingerprint density at radius 2 is 0.614 bits per heavy atom. The lowest BCUT2D eigenvalue weighted by molar-refractivity contribution is 0.669. The molecule has 0 radical (unpaired) electrons. The molecule has 0 saturated heterocycles. The molecule has 10 aromatic carbocycles. The van der Waals surface area contributed by atoms with Crippen molar-refractivity contribution < 1.29 is 8.83 Å². The molecule has 4 nitrogen and oxygen atoms in total. The highest BCUT2D eigenvalue weighted by Gasteiger charge is 2.26. The molecule has 0 aliphatic rings. The Balaban J connectivity index is 0.973. The molecular weight excluding hydrogens is 853 g/mol. The molecule has 0 unspecified atom stereocenters. The number of para-hydroxylation sites is 4. The van der Waals surface area contributed by atoms with E-state index in [1.807, 2.05) is 0 Å². The fourth-order valence-electron chi connectivity index (χ4n) is 10.9. The highest BCUT2D eigenvalue weighted by atomic mass is 16.3. The SMILES string of the molecule is Cc1ccccc1N(c1c(C)cc(-c2cc(C)c(N(c3ccccc3C)c3cccc4c3oc3cc(-c5ccccc5)ccc34)c(C)c2)cc1C)c1cccc2c1oc1cc(-c3ccccc3)ccc12. The lowest BCUT2D eigenvalue weighted by Gasteiger charge is -2.31. The van der Waals surface area contributed by atoms with Crippen LogP contribution in [-0.2, 0) is 0 Å². The number of anilines is 6. The van der Waals surface area contributed by atoms with E-state index in [1.54, 1.807) is 0 Å². The van der Waals surface area contributed by atoms with Gasteiger partial charge in [-0.05, 0) is 181 Å². The molecule has 0 bridgehead atoms. The number of hydrogen-bond acceptors (Lipinski definition) is 4. The molecule has 2 heterocycles. The summed E-state index contributed by atoms with van der Waals surface area (Å²) in [6, 6.07) is 73.9. The van der Waals surface area contributed by atoms with E-state index in [-0.39, 0.29) is 0 Å². The fraction of sp³-hybridized carbons (Fsp3) is 0.0909. The molecule has 338 valence electrons. The van der Waals surface area contributed by atoms with Gasteiger partial charge in [-0.25, -0.2) is 0 Å². The maximum Gasteiger partial charge on any atom is 0.159 e. The largest absolute Gasteiger partial charge is 0.454 e. The van der Waals surface area contributed by atoms with Gasteiger partial charge in [-0.3, -0.25) is 0 Å². The predicted octanol–water partition coefficient (Wildman–Crippen LogP) is 19.3. The number of benzene rings is 10. The van der Waals surface area contributed by atoms with Gasteiger partial charge in [-0.2, -0.15) is 0 Å². The van der Waals surface area contributed by atoms with Crippen LogP contribution in [0.15, 0.2) is 215 Å². The van der Waals surface area contributed by atoms with Gasteiger partial charge in [-0.15, -0.1) is 0 Å². The number of nitrogens with zero attached hydrogens (tertiary/aromatic N) is 2. The minimum Gasteiger partial charge on any atom is -0.454 e. The fourth-order valence-corrected chi connectivity index (χ4v) is 10.9. The molecular formula is C66H52N2O2. The smallest absolute Gasteiger partial charge is 0.159 e. The minimum atomic E-state index is 0.865. The van der Waals surface area contributed by atoms with Crippen molar-refractivity contribution in [3.05, 3.63) is 240 Å². The van der Waals surface area contributed by atoms with E-state index in [4.69, 9.17) is 8.83 Å². The Morgan fingerprint density at radius 3 is 1.00 bits per heavy atom. The van der Waals surface area contributed by atoms with E-state index < -0.39 is 0 Å². The van der Waals surface area contributed by atoms with Gasteiger partial charge < -0.3 is 18.6 Å². The molecule has 0 aliphatic heterocycles. The zero-order chi connectivity index (χ0) is 47.6. The normalized spacial score (nSPS) is 11.6. The highest BCUT2D eigenvalue weighted by Crippen LogP contribution is 2.49. The molecule has 12 rings (SSSR count). The molecule has 0 amide bonds. The van der Waals surface area contributed by atoms with Gasteiger partial charge in [0.05, 0.1) is 22.7 Å². The monoisotopic (exact) mass is 904 g/mol. The summed E-state index contributed by atoms with van der Waals surface area (Å²) in [6.45, 7) is 13.4. The third kappa shape index (κ3) is 7.23. The second kappa shape index (κ2) is 17.2. The quantitative estimate of drug-likeness (QED) is 0.144. The van der Waals surface area contributed by atoms with E-state index in [0.29, 0.717) is 0 Å². The summed E-state index contributed by atoms with van der Waals surface area (Å²) in [6.07, 6.45) is 0. The molecule has 0 saturated carbocycles. The lowest BCUT2D eigenvalue weighted by Crippen LogP contribution is -2.15. The van der Waals surface area contributed by atoms with Gasteiger partial charge in [0, 0.05) is 32.9 Å². The Hall–Kier alpha value is -8.60. The van der Waals surface area contributed by atoms with Crippen LogP contribution in [0.2, 0.25) is 0 Å². The van der Waals surface area contributed by atoms with Crippen LogP contribution in [0, 0.1) is 41.5 Å². The van der Waals surface area contributed by atoms with Gasteiger partial charge in [0.2, 0.25) is 0 Å². The number of aryl methyl sites for hydroxylation is 6. The van der Waals surface area contributed by atoms with E-state index >= 15 is 0 Å². The zero-order valence-corrected chi connectivity index (χ0v) is 40.3. The second-order valence-electron chi connectivity index (χ2n) is 18.8. The van der Waals surface area contributed by atoms with E-state index in [0.717, 1.165) is 89.1 Å². The summed E-state index contributed by atoms with van der Waals surface area (Å²) in [4.78, 5) is 4.82. The van der Waals surface area contributed by atoms with Gasteiger partial charge >= 0.3 is 0 Å². The van der Waals surface area contributed by atoms with E-state index in [9.17, 15) is 0 Å². The van der Waals surface area contributed by atoms with Crippen LogP contribution in [0.25, 0.3) is 77.3 Å². The van der Waals surface area contributed by atoms with Crippen LogP contribution in [0.5, 0.6) is 0 Å². The Bertz CT molecular complexity index is 3670. The van der Waals surface area contributed by atoms with Crippen LogP contribution in [0.1, 0.15) is 33.4 Å². The van der Waals surface area contributed by atoms with Gasteiger partial charge in [0.25, 0.3) is 0 Å². The summed E-state index contributed by atoms with van der Waals surface area (Å²) >= 11 is 0. The Labute approximate surface area is 409 Å². The number of rotatable bonds is 9. The molecule has 0 aliphatic carbocycles. The first kappa shape index (κ1) is 42.7. The Morgan fingerprint density at radius 1 is 0.257 bits per heavy atom. The average Bonchev–Trinajstić information content (AvgIpc) is 3.95. The molecule has 70 heavy (non-hydrogen) atoms. The third-order valence-corrected chi connectivity index (χ3v) is 14.1. The van der Waals surface area contributed by atoms with E-state index in [1.165, 1.54) is 55.6 Å². The molecule has 2 aromatic heterocycles. The number of hydrogen-bond donors (Lipinski definition) is 0. The van der Waals surface area contributed by atoms with Crippen molar-refractivity contribution in [3.63, 3.8) is 0 Å². The molecule has 0 N–H and O–H groups in total. The minimum absolute atomic E-state index is 0.865. The van der Waals surface area contributed by atoms with Crippen LogP contribution in [0.3, 0.4) is 0 Å². The number of fused-ring (bicyclic) bond motifs is 6. The average molecular weight is 905 g/mol. The summed E-state index contributed by atoms with van der Waals surface area (Å²) in [5.41, 5.74) is 24.0. The maximum atomic E-state index is 6.92. The van der Waals surface area contributed by atoms with Crippen molar-refractivity contribution >= 4 is 78.0 Å². The highest BCUT2D eigenvalue weighted by molar-refractivity contribution is 6.13. The molecule has 0 fully saturated rings. The van der Waals surface area contributed by atoms with Crippen molar-refractivity contribution in [2.24, 2.45) is 0 Å². The van der Waals surface area contributed by atoms with E-state index in [2.05, 4.69) is 258 Å². The Kier molecular flexibility index (Phi) is 10.5. The second-order valence-corrected chi connectivity index (χ2v) is 18.8. The summed E-state index contributed by atoms with van der Waals surface area (Å²) < 4.78 is 13.8. The van der Waals surface area contributed by atoms with Crippen LogP contribution < -0.4 is 9.80 Å². The zero-order valence-electron chi connectivity index (χ0n) is 40.3. The van der Waals surface area contributed by atoms with Gasteiger partial charge in [-0.1, -0.05) is 133 Å². The van der Waals surface area contributed by atoms with Crippen molar-refractivity contribution in [2.45, 2.75) is 41.5 Å². The summed E-state index contributed by atoms with van der Waals surface area (Å²) in [7, 11) is 0. The first-order chi connectivity index (χ1) is 34.2. The predicted molar refractivity (Wildman–Crippen MR) is 295 cm³/mol. The molecule has 0 spiro atoms. The maximum absolute atomic E-state index is 6.92. The van der Waals surface area contributed by atoms with Crippen LogP contribution in [0.4, 0.5) is 34.1 Å². The summed E-state index contributed by atoms with van der Waals surface area (Å²) in [5.74, 6) is 0. The molecule has 12 aromatic rings. The van der Waals surface area contributed by atoms with Crippen molar-refractivity contribution in [1.82, 2.24) is 0 Å². The first-order valence-corrected chi connectivity index (χ1v) is 24.2. The number of furan rings is 2. The van der Waals surface area contributed by atoms with Crippen LogP contribution in [-0.4, -0.2) is 0 Å². The molecule has 0 atom stereocenters. The topological polar surface area (TPSA) is 32.8 Å². The lowest BCUT2D eigenvalue weighted by atomic mass is 9.93. The van der Waals surface area contributed by atoms with Crippen molar-refractivity contribution in [2.75, 3.05) is 9.80 Å². The third-order valence-electron chi connectivity index (χ3n) is 14.1. The molecule has 4 heteroatoms. The van der Waals surface area contributed by atoms with Crippen molar-refractivity contribution in [1.29, 1.82) is 0 Å². The first-order valence-electron chi connectivity index (χ1n) is 24.2. The summed E-state index contributed by atoms with van der Waals surface area (Å²) in [5, 5.41) is 4.40. The van der Waals surface area contributed by atoms with Crippen molar-refractivity contribution in [3.8, 4) is 33.4 Å². The van der Waals surface area contributed by atoms with Crippen LogP contribution >= 0.6 is 0 Å². The van der Waals surface area contributed by atoms with Gasteiger partial charge in [0.1, 0.15) is 11.2 Å². The standard InChI is InChI=1S/C66H52N2O2/c1-41-19-13-15-27-57(41)67(59-29-17-25-55-53-33-31-49(39-61(53)69-65(55)59)47-21-9-7-10-22-47)63-43(3)35-51(36-44(63)4)52-37-45(5)64(46(6)38-52)68(58-28-16-14-20-42(58)2)60-30-18-26-56-54-34-32-50(40-62(54)70-66(56)60)48-23-11-8-12-24-48/h7-40H,1-6H3.